The van der Waals surface area contributed by atoms with E-state index in [1.807, 2.05) is 6.92 Å². The Morgan fingerprint density at radius 1 is 1.20 bits per heavy atom. The summed E-state index contributed by atoms with van der Waals surface area (Å²) in [4.78, 5) is 22.1. The fraction of sp³-hybridized carbons (Fsp3) is 0.800. The van der Waals surface area contributed by atoms with E-state index in [1.165, 1.54) is 0 Å². The van der Waals surface area contributed by atoms with Gasteiger partial charge in [0, 0.05) is 19.5 Å². The van der Waals surface area contributed by atoms with Gasteiger partial charge in [-0.1, -0.05) is 0 Å². The molecule has 0 fully saturated rings. The molecule has 5 heteroatoms. The maximum absolute atomic E-state index is 11.1. The van der Waals surface area contributed by atoms with Crippen molar-refractivity contribution in [2.45, 2.75) is 39.7 Å². The molecule has 0 atom stereocenters. The molecule has 0 unspecified atom stereocenters. The first-order chi connectivity index (χ1) is 6.85. The van der Waals surface area contributed by atoms with Crippen LogP contribution in [-0.4, -0.2) is 30.7 Å². The van der Waals surface area contributed by atoms with E-state index in [-0.39, 0.29) is 12.3 Å². The number of carbonyl (C=O) groups excluding carboxylic acids is 2. The smallest absolute Gasteiger partial charge is 0.407 e. The third kappa shape index (κ3) is 9.05. The van der Waals surface area contributed by atoms with Gasteiger partial charge in [0.15, 0.2) is 0 Å². The summed E-state index contributed by atoms with van der Waals surface area (Å²) >= 11 is 0. The summed E-state index contributed by atoms with van der Waals surface area (Å²) in [7, 11) is 0. The first-order valence-corrected chi connectivity index (χ1v) is 5.08. The molecule has 5 nitrogen and oxygen atoms in total. The van der Waals surface area contributed by atoms with Gasteiger partial charge in [0.05, 0.1) is 0 Å². The van der Waals surface area contributed by atoms with E-state index >= 15 is 0 Å². The van der Waals surface area contributed by atoms with E-state index < -0.39 is 11.7 Å². The second-order valence-electron chi connectivity index (χ2n) is 4.13. The molecule has 0 saturated heterocycles. The summed E-state index contributed by atoms with van der Waals surface area (Å²) in [6, 6.07) is 0. The van der Waals surface area contributed by atoms with Crippen molar-refractivity contribution in [2.75, 3.05) is 13.1 Å². The lowest BCUT2D eigenvalue weighted by Crippen LogP contribution is -2.35. The highest BCUT2D eigenvalue weighted by molar-refractivity contribution is 5.76. The first-order valence-electron chi connectivity index (χ1n) is 5.08. The minimum Gasteiger partial charge on any atom is -0.444 e. The molecule has 0 aliphatic rings. The number of alkyl carbamates (subject to hydrolysis) is 1. The van der Waals surface area contributed by atoms with Crippen LogP contribution in [0.25, 0.3) is 0 Å². The van der Waals surface area contributed by atoms with E-state index in [0.29, 0.717) is 13.1 Å². The quantitative estimate of drug-likeness (QED) is 0.737. The topological polar surface area (TPSA) is 67.4 Å². The summed E-state index contributed by atoms with van der Waals surface area (Å²) < 4.78 is 5.00. The Balaban J connectivity index is 3.60. The Kier molecular flexibility index (Phi) is 5.74. The summed E-state index contributed by atoms with van der Waals surface area (Å²) in [6.45, 7) is 8.11. The lowest BCUT2D eigenvalue weighted by Gasteiger charge is -2.19. The minimum atomic E-state index is -0.504. The van der Waals surface area contributed by atoms with Crippen LogP contribution >= 0.6 is 0 Å². The fourth-order valence-electron chi connectivity index (χ4n) is 0.878. The molecule has 0 aromatic heterocycles. The van der Waals surface area contributed by atoms with Crippen LogP contribution in [0.3, 0.4) is 0 Å². The van der Waals surface area contributed by atoms with Crippen LogP contribution < -0.4 is 10.6 Å². The van der Waals surface area contributed by atoms with Crippen LogP contribution in [0.1, 0.15) is 34.1 Å². The van der Waals surface area contributed by atoms with Gasteiger partial charge in [-0.05, 0) is 27.7 Å². The zero-order valence-corrected chi connectivity index (χ0v) is 9.85. The highest BCUT2D eigenvalue weighted by atomic mass is 16.6. The normalized spacial score (nSPS) is 10.7. The second kappa shape index (κ2) is 6.27. The van der Waals surface area contributed by atoms with Crippen LogP contribution in [0.2, 0.25) is 0 Å². The molecule has 0 aliphatic heterocycles. The average molecular weight is 216 g/mol. The predicted octanol–water partition coefficient (Wildman–Crippen LogP) is 1.04. The van der Waals surface area contributed by atoms with Crippen LogP contribution in [0, 0.1) is 0 Å². The lowest BCUT2D eigenvalue weighted by molar-refractivity contribution is -0.120. The lowest BCUT2D eigenvalue weighted by atomic mass is 10.2. The molecule has 0 radical (unpaired) electrons. The van der Waals surface area contributed by atoms with E-state index in [1.54, 1.807) is 20.8 Å². The van der Waals surface area contributed by atoms with Gasteiger partial charge in [-0.15, -0.1) is 0 Å². The van der Waals surface area contributed by atoms with Crippen LogP contribution in [-0.2, 0) is 9.53 Å². The number of amides is 2. The Morgan fingerprint density at radius 3 is 2.27 bits per heavy atom. The third-order valence-corrected chi connectivity index (χ3v) is 1.39. The van der Waals surface area contributed by atoms with Gasteiger partial charge < -0.3 is 15.4 Å². The molecule has 15 heavy (non-hydrogen) atoms. The molecule has 0 bridgehead atoms. The molecule has 88 valence electrons. The predicted molar refractivity (Wildman–Crippen MR) is 57.5 cm³/mol. The monoisotopic (exact) mass is 216 g/mol. The number of hydrogen-bond acceptors (Lipinski definition) is 3. The number of nitrogens with one attached hydrogen (secondary N) is 2. The van der Waals surface area contributed by atoms with Crippen molar-refractivity contribution < 1.29 is 14.3 Å². The Hall–Kier alpha value is -1.26. The van der Waals surface area contributed by atoms with Gasteiger partial charge in [-0.2, -0.15) is 0 Å². The van der Waals surface area contributed by atoms with Crippen molar-refractivity contribution in [3.05, 3.63) is 0 Å². The first kappa shape index (κ1) is 13.7. The summed E-state index contributed by atoms with van der Waals surface area (Å²) in [5.41, 5.74) is -0.504. The molecule has 0 spiro atoms. The van der Waals surface area contributed by atoms with Crippen LogP contribution in [0.15, 0.2) is 0 Å². The Morgan fingerprint density at radius 2 is 1.80 bits per heavy atom. The number of hydrogen-bond donors (Lipinski definition) is 2. The highest BCUT2D eigenvalue weighted by Crippen LogP contribution is 2.06. The Labute approximate surface area is 90.6 Å². The van der Waals surface area contributed by atoms with Crippen LogP contribution in [0.5, 0.6) is 0 Å². The van der Waals surface area contributed by atoms with E-state index in [2.05, 4.69) is 10.6 Å². The van der Waals surface area contributed by atoms with E-state index in [4.69, 9.17) is 4.74 Å². The fourth-order valence-corrected chi connectivity index (χ4v) is 0.878. The van der Waals surface area contributed by atoms with Crippen molar-refractivity contribution in [2.24, 2.45) is 0 Å². The standard InChI is InChI=1S/C10H20N2O3/c1-5-11-8(13)6-7-12-9(14)15-10(2,3)4/h5-7H2,1-4H3,(H,11,13)(H,12,14). The van der Waals surface area contributed by atoms with Gasteiger partial charge in [0.25, 0.3) is 0 Å². The molecular formula is C10H20N2O3. The Bertz CT molecular complexity index is 221. The molecule has 0 aromatic carbocycles. The second-order valence-corrected chi connectivity index (χ2v) is 4.13. The molecular weight excluding hydrogens is 196 g/mol. The van der Waals surface area contributed by atoms with Crippen molar-refractivity contribution in [1.82, 2.24) is 10.6 Å². The molecule has 0 saturated carbocycles. The minimum absolute atomic E-state index is 0.0754. The average Bonchev–Trinajstić information content (AvgIpc) is 2.00. The van der Waals surface area contributed by atoms with Gasteiger partial charge >= 0.3 is 6.09 Å². The van der Waals surface area contributed by atoms with E-state index in [0.717, 1.165) is 0 Å². The van der Waals surface area contributed by atoms with Gasteiger partial charge in [0.1, 0.15) is 5.60 Å². The molecule has 0 aliphatic carbocycles. The van der Waals surface area contributed by atoms with Crippen molar-refractivity contribution in [3.8, 4) is 0 Å². The third-order valence-electron chi connectivity index (χ3n) is 1.39. The van der Waals surface area contributed by atoms with Crippen molar-refractivity contribution >= 4 is 12.0 Å². The number of carbonyl (C=O) groups is 2. The summed E-state index contributed by atoms with van der Waals surface area (Å²) in [5.74, 6) is -0.0754. The van der Waals surface area contributed by atoms with Gasteiger partial charge in [-0.3, -0.25) is 4.79 Å². The van der Waals surface area contributed by atoms with E-state index in [9.17, 15) is 9.59 Å². The maximum atomic E-state index is 11.1. The molecule has 0 heterocycles. The van der Waals surface area contributed by atoms with Crippen molar-refractivity contribution in [3.63, 3.8) is 0 Å². The molecule has 2 amide bonds. The zero-order chi connectivity index (χ0) is 11.9. The molecule has 2 N–H and O–H groups in total. The van der Waals surface area contributed by atoms with Gasteiger partial charge in [-0.25, -0.2) is 4.79 Å². The molecule has 0 rings (SSSR count). The zero-order valence-electron chi connectivity index (χ0n) is 9.85. The SMILES string of the molecule is CCNC(=O)CCNC(=O)OC(C)(C)C. The number of rotatable bonds is 4. The largest absolute Gasteiger partial charge is 0.444 e. The maximum Gasteiger partial charge on any atom is 0.407 e. The highest BCUT2D eigenvalue weighted by Gasteiger charge is 2.15. The van der Waals surface area contributed by atoms with Crippen molar-refractivity contribution in [1.29, 1.82) is 0 Å². The van der Waals surface area contributed by atoms with Gasteiger partial charge in [0.2, 0.25) is 5.91 Å². The summed E-state index contributed by atoms with van der Waals surface area (Å²) in [6.07, 6.45) is -0.223. The summed E-state index contributed by atoms with van der Waals surface area (Å²) in [5, 5.41) is 5.14. The molecule has 0 aromatic rings. The van der Waals surface area contributed by atoms with Crippen LogP contribution in [0.4, 0.5) is 4.79 Å². The number of ether oxygens (including phenoxy) is 1.